The zero-order valence-corrected chi connectivity index (χ0v) is 11.7. The van der Waals surface area contributed by atoms with Crippen molar-refractivity contribution < 1.29 is 4.79 Å². The van der Waals surface area contributed by atoms with Crippen LogP contribution in [-0.4, -0.2) is 18.4 Å². The topological polar surface area (TPSA) is 29.1 Å². The summed E-state index contributed by atoms with van der Waals surface area (Å²) in [6.45, 7) is 3.26. The molecule has 1 N–H and O–H groups in total. The second kappa shape index (κ2) is 5.46. The lowest BCUT2D eigenvalue weighted by atomic mass is 9.90. The highest BCUT2D eigenvalue weighted by molar-refractivity contribution is 5.96. The molecule has 2 nitrogen and oxygen atoms in total. The Bertz CT molecular complexity index is 451. The van der Waals surface area contributed by atoms with Crippen LogP contribution < -0.4 is 5.32 Å². The van der Waals surface area contributed by atoms with Gasteiger partial charge in [0, 0.05) is 18.0 Å². The van der Waals surface area contributed by atoms with E-state index in [9.17, 15) is 4.79 Å². The fourth-order valence-corrected chi connectivity index (χ4v) is 3.77. The van der Waals surface area contributed by atoms with Crippen molar-refractivity contribution in [3.8, 4) is 0 Å². The Hall–Kier alpha value is -1.15. The Balaban J connectivity index is 1.64. The molecule has 19 heavy (non-hydrogen) atoms. The highest BCUT2D eigenvalue weighted by Gasteiger charge is 2.39. The van der Waals surface area contributed by atoms with Gasteiger partial charge < -0.3 is 5.32 Å². The van der Waals surface area contributed by atoms with Crippen molar-refractivity contribution in [2.75, 3.05) is 6.54 Å². The number of carbonyl (C=O) groups excluding carboxylic acids is 1. The third-order valence-corrected chi connectivity index (χ3v) is 4.97. The van der Waals surface area contributed by atoms with E-state index in [-0.39, 0.29) is 0 Å². The van der Waals surface area contributed by atoms with Crippen molar-refractivity contribution in [2.24, 2.45) is 11.8 Å². The first-order valence-electron chi connectivity index (χ1n) is 7.63. The molecule has 2 fully saturated rings. The van der Waals surface area contributed by atoms with Crippen molar-refractivity contribution >= 4 is 5.78 Å². The van der Waals surface area contributed by atoms with Crippen LogP contribution in [-0.2, 0) is 6.42 Å². The molecule has 2 heteroatoms. The number of fused-ring (bicyclic) bond motifs is 1. The number of Topliss-reactive ketones (excluding diaryl/α,β-unsaturated/α-hetero) is 1. The van der Waals surface area contributed by atoms with Crippen LogP contribution in [0.3, 0.4) is 0 Å². The van der Waals surface area contributed by atoms with Crippen LogP contribution in [0.1, 0.15) is 48.5 Å². The normalized spacial score (nSPS) is 29.4. The first-order valence-corrected chi connectivity index (χ1v) is 7.63. The third-order valence-electron chi connectivity index (χ3n) is 4.97. The quantitative estimate of drug-likeness (QED) is 0.839. The van der Waals surface area contributed by atoms with Crippen molar-refractivity contribution in [1.29, 1.82) is 0 Å². The molecule has 3 unspecified atom stereocenters. The number of hydrogen-bond donors (Lipinski definition) is 1. The van der Waals surface area contributed by atoms with Gasteiger partial charge in [-0.2, -0.15) is 0 Å². The summed E-state index contributed by atoms with van der Waals surface area (Å²) >= 11 is 0. The van der Waals surface area contributed by atoms with Gasteiger partial charge in [0.25, 0.3) is 0 Å². The smallest absolute Gasteiger partial charge is 0.164 e. The van der Waals surface area contributed by atoms with E-state index in [0.29, 0.717) is 18.2 Å². The van der Waals surface area contributed by atoms with Crippen molar-refractivity contribution in [3.63, 3.8) is 0 Å². The number of hydrogen-bond acceptors (Lipinski definition) is 2. The lowest BCUT2D eigenvalue weighted by Gasteiger charge is -2.17. The Morgan fingerprint density at radius 3 is 2.79 bits per heavy atom. The van der Waals surface area contributed by atoms with Gasteiger partial charge >= 0.3 is 0 Å². The summed E-state index contributed by atoms with van der Waals surface area (Å²) in [5.74, 6) is 1.88. The average Bonchev–Trinajstić information content (AvgIpc) is 3.04. The number of ketones is 1. The molecule has 0 radical (unpaired) electrons. The van der Waals surface area contributed by atoms with E-state index >= 15 is 0 Å². The molecule has 1 saturated heterocycles. The zero-order valence-electron chi connectivity index (χ0n) is 11.7. The van der Waals surface area contributed by atoms with Crippen LogP contribution in [0.5, 0.6) is 0 Å². The van der Waals surface area contributed by atoms with Crippen LogP contribution in [0.25, 0.3) is 0 Å². The van der Waals surface area contributed by atoms with Gasteiger partial charge in [-0.3, -0.25) is 4.79 Å². The monoisotopic (exact) mass is 257 g/mol. The first-order chi connectivity index (χ1) is 9.28. The molecule has 2 aliphatic rings. The van der Waals surface area contributed by atoms with E-state index in [1.54, 1.807) is 0 Å². The summed E-state index contributed by atoms with van der Waals surface area (Å²) in [6.07, 6.45) is 5.72. The van der Waals surface area contributed by atoms with E-state index in [1.807, 2.05) is 12.1 Å². The van der Waals surface area contributed by atoms with Gasteiger partial charge in [0.2, 0.25) is 0 Å². The zero-order chi connectivity index (χ0) is 13.2. The van der Waals surface area contributed by atoms with Crippen LogP contribution in [0, 0.1) is 11.8 Å². The minimum Gasteiger partial charge on any atom is -0.313 e. The van der Waals surface area contributed by atoms with Gasteiger partial charge in [0.15, 0.2) is 5.78 Å². The van der Waals surface area contributed by atoms with Gasteiger partial charge in [0.1, 0.15) is 0 Å². The summed E-state index contributed by atoms with van der Waals surface area (Å²) < 4.78 is 0. The Labute approximate surface area is 115 Å². The van der Waals surface area contributed by atoms with Gasteiger partial charge in [-0.25, -0.2) is 0 Å². The van der Waals surface area contributed by atoms with Gasteiger partial charge in [0.05, 0.1) is 0 Å². The molecule has 3 rings (SSSR count). The molecule has 1 aromatic rings. The summed E-state index contributed by atoms with van der Waals surface area (Å²) in [5, 5.41) is 3.56. The highest BCUT2D eigenvalue weighted by atomic mass is 16.1. The predicted molar refractivity (Wildman–Crippen MR) is 77.4 cm³/mol. The molecule has 0 amide bonds. The Morgan fingerprint density at radius 2 is 2.05 bits per heavy atom. The maximum absolute atomic E-state index is 12.3. The average molecular weight is 257 g/mol. The molecular formula is C17H23NO. The molecule has 3 atom stereocenters. The summed E-state index contributed by atoms with van der Waals surface area (Å²) in [6, 6.07) is 8.55. The number of carbonyl (C=O) groups is 1. The van der Waals surface area contributed by atoms with Crippen molar-refractivity contribution in [2.45, 2.75) is 45.1 Å². The van der Waals surface area contributed by atoms with Gasteiger partial charge in [-0.05, 0) is 43.2 Å². The van der Waals surface area contributed by atoms with E-state index in [2.05, 4.69) is 24.4 Å². The minimum atomic E-state index is 0.299. The molecule has 0 bridgehead atoms. The maximum atomic E-state index is 12.3. The Morgan fingerprint density at radius 1 is 1.26 bits per heavy atom. The minimum absolute atomic E-state index is 0.299. The predicted octanol–water partition coefficient (Wildman–Crippen LogP) is 3.21. The van der Waals surface area contributed by atoms with E-state index in [4.69, 9.17) is 0 Å². The molecule has 1 aliphatic carbocycles. The van der Waals surface area contributed by atoms with Crippen LogP contribution >= 0.6 is 0 Å². The summed E-state index contributed by atoms with van der Waals surface area (Å²) in [4.78, 5) is 12.3. The van der Waals surface area contributed by atoms with Crippen LogP contribution in [0.15, 0.2) is 24.3 Å². The number of aryl methyl sites for hydroxylation is 1. The van der Waals surface area contributed by atoms with Gasteiger partial charge in [-0.15, -0.1) is 0 Å². The Kier molecular flexibility index (Phi) is 3.69. The van der Waals surface area contributed by atoms with E-state index < -0.39 is 0 Å². The van der Waals surface area contributed by atoms with Gasteiger partial charge in [-0.1, -0.05) is 37.6 Å². The fourth-order valence-electron chi connectivity index (χ4n) is 3.77. The van der Waals surface area contributed by atoms with Crippen molar-refractivity contribution in [3.05, 3.63) is 35.4 Å². The van der Waals surface area contributed by atoms with E-state index in [1.165, 1.54) is 24.8 Å². The lowest BCUT2D eigenvalue weighted by Crippen LogP contribution is -2.29. The molecular weight excluding hydrogens is 234 g/mol. The second-order valence-corrected chi connectivity index (χ2v) is 6.05. The first kappa shape index (κ1) is 12.9. The van der Waals surface area contributed by atoms with Crippen LogP contribution in [0.2, 0.25) is 0 Å². The summed E-state index contributed by atoms with van der Waals surface area (Å²) in [7, 11) is 0. The van der Waals surface area contributed by atoms with Crippen LogP contribution in [0.4, 0.5) is 0 Å². The standard InChI is InChI=1S/C17H23NO/c1-2-12-6-8-13(9-7-12)17(19)10-16-15-5-3-4-14(15)11-18-16/h6-9,14-16,18H,2-5,10-11H2,1H3. The van der Waals surface area contributed by atoms with E-state index in [0.717, 1.165) is 30.4 Å². The molecule has 1 aromatic carbocycles. The second-order valence-electron chi connectivity index (χ2n) is 6.05. The number of nitrogens with one attached hydrogen (secondary N) is 1. The lowest BCUT2D eigenvalue weighted by molar-refractivity contribution is 0.0963. The largest absolute Gasteiger partial charge is 0.313 e. The summed E-state index contributed by atoms with van der Waals surface area (Å²) in [5.41, 5.74) is 2.17. The molecule has 1 aliphatic heterocycles. The highest BCUT2D eigenvalue weighted by Crippen LogP contribution is 2.38. The molecule has 0 spiro atoms. The maximum Gasteiger partial charge on any atom is 0.164 e. The fraction of sp³-hybridized carbons (Fsp3) is 0.588. The molecule has 102 valence electrons. The molecule has 1 heterocycles. The molecule has 0 aromatic heterocycles. The SMILES string of the molecule is CCc1ccc(C(=O)CC2NCC3CCCC32)cc1. The number of rotatable bonds is 4. The third kappa shape index (κ3) is 2.59. The molecule has 1 saturated carbocycles. The number of benzene rings is 1. The van der Waals surface area contributed by atoms with Crippen molar-refractivity contribution in [1.82, 2.24) is 5.32 Å².